The summed E-state index contributed by atoms with van der Waals surface area (Å²) in [6.45, 7) is 5.70. The van der Waals surface area contributed by atoms with Gasteiger partial charge in [-0.25, -0.2) is 0 Å². The monoisotopic (exact) mass is 414 g/mol. The van der Waals surface area contributed by atoms with Crippen LogP contribution in [0.2, 0.25) is 0 Å². The second kappa shape index (κ2) is 10.2. The molecule has 2 heterocycles. The molecule has 30 heavy (non-hydrogen) atoms. The number of rotatable bonds is 8. The van der Waals surface area contributed by atoms with E-state index in [1.165, 1.54) is 0 Å². The number of nitrogens with zero attached hydrogens (tertiary/aromatic N) is 1. The van der Waals surface area contributed by atoms with Gasteiger partial charge in [-0.2, -0.15) is 0 Å². The van der Waals surface area contributed by atoms with Crippen molar-refractivity contribution in [2.75, 3.05) is 26.8 Å². The molecule has 0 spiro atoms. The van der Waals surface area contributed by atoms with Gasteiger partial charge in [0.05, 0.1) is 13.7 Å². The fraction of sp³-hybridized carbons (Fsp3) is 0.478. The van der Waals surface area contributed by atoms with Gasteiger partial charge in [0.2, 0.25) is 0 Å². The largest absolute Gasteiger partial charge is 0.493 e. The van der Waals surface area contributed by atoms with E-state index in [-0.39, 0.29) is 17.9 Å². The molecule has 0 unspecified atom stereocenters. The third-order valence-electron chi connectivity index (χ3n) is 5.25. The van der Waals surface area contributed by atoms with Gasteiger partial charge in [-0.1, -0.05) is 13.3 Å². The topological polar surface area (TPSA) is 81.0 Å². The zero-order chi connectivity index (χ0) is 21.5. The van der Waals surface area contributed by atoms with Crippen LogP contribution in [0.1, 0.15) is 59.3 Å². The molecule has 2 aromatic rings. The maximum atomic E-state index is 12.9. The molecule has 7 nitrogen and oxygen atoms in total. The van der Waals surface area contributed by atoms with Crippen LogP contribution in [0, 0.1) is 6.92 Å². The average molecular weight is 415 g/mol. The standard InChI is InChI=1S/C23H30N2O5/c1-4-5-14-29-19-9-7-17(15-21(19)28-3)23(27)25-12-10-18(11-13-25)24-22(26)20-8-6-16(2)30-20/h6-9,15,18H,4-5,10-14H2,1-3H3,(H,24,26). The van der Waals surface area contributed by atoms with Crippen molar-refractivity contribution < 1.29 is 23.5 Å². The molecule has 3 rings (SSSR count). The van der Waals surface area contributed by atoms with E-state index in [0.717, 1.165) is 12.8 Å². The molecular weight excluding hydrogens is 384 g/mol. The van der Waals surface area contributed by atoms with Gasteiger partial charge < -0.3 is 24.1 Å². The number of benzene rings is 1. The number of carbonyl (C=O) groups excluding carboxylic acids is 2. The van der Waals surface area contributed by atoms with Crippen LogP contribution >= 0.6 is 0 Å². The van der Waals surface area contributed by atoms with E-state index < -0.39 is 0 Å². The number of carbonyl (C=O) groups is 2. The van der Waals surface area contributed by atoms with Crippen molar-refractivity contribution >= 4 is 11.8 Å². The van der Waals surface area contributed by atoms with Gasteiger partial charge in [0, 0.05) is 24.7 Å². The summed E-state index contributed by atoms with van der Waals surface area (Å²) in [6, 6.07) is 8.77. The van der Waals surface area contributed by atoms with Gasteiger partial charge in [0.1, 0.15) is 5.76 Å². The predicted octanol–water partition coefficient (Wildman–Crippen LogP) is 3.81. The van der Waals surface area contributed by atoms with Crippen LogP contribution in [0.25, 0.3) is 0 Å². The van der Waals surface area contributed by atoms with E-state index in [2.05, 4.69) is 12.2 Å². The second-order valence-electron chi connectivity index (χ2n) is 7.52. The summed E-state index contributed by atoms with van der Waals surface area (Å²) in [7, 11) is 1.57. The van der Waals surface area contributed by atoms with E-state index in [1.807, 2.05) is 4.90 Å². The Labute approximate surface area is 177 Å². The summed E-state index contributed by atoms with van der Waals surface area (Å²) in [6.07, 6.45) is 3.42. The Balaban J connectivity index is 1.55. The van der Waals surface area contributed by atoms with Crippen molar-refractivity contribution in [3.63, 3.8) is 0 Å². The molecule has 0 bridgehead atoms. The fourth-order valence-electron chi connectivity index (χ4n) is 3.47. The van der Waals surface area contributed by atoms with Gasteiger partial charge >= 0.3 is 0 Å². The third-order valence-corrected chi connectivity index (χ3v) is 5.25. The summed E-state index contributed by atoms with van der Waals surface area (Å²) < 4.78 is 16.5. The third kappa shape index (κ3) is 5.34. The number of furan rings is 1. The Morgan fingerprint density at radius 3 is 2.57 bits per heavy atom. The van der Waals surface area contributed by atoms with Crippen LogP contribution in [0.5, 0.6) is 11.5 Å². The molecule has 1 aliphatic heterocycles. The highest BCUT2D eigenvalue weighted by molar-refractivity contribution is 5.95. The molecule has 1 saturated heterocycles. The molecule has 1 fully saturated rings. The molecule has 0 radical (unpaired) electrons. The molecule has 2 amide bonds. The van der Waals surface area contributed by atoms with Crippen LogP contribution in [-0.2, 0) is 0 Å². The Hall–Kier alpha value is -2.96. The molecular formula is C23H30N2O5. The van der Waals surface area contributed by atoms with Crippen LogP contribution in [0.3, 0.4) is 0 Å². The average Bonchev–Trinajstić information content (AvgIpc) is 3.20. The first kappa shape index (κ1) is 21.7. The van der Waals surface area contributed by atoms with Crippen molar-refractivity contribution in [2.24, 2.45) is 0 Å². The second-order valence-corrected chi connectivity index (χ2v) is 7.52. The Bertz CT molecular complexity index is 868. The minimum Gasteiger partial charge on any atom is -0.493 e. The smallest absolute Gasteiger partial charge is 0.287 e. The number of likely N-dealkylation sites (tertiary alicyclic amines) is 1. The quantitative estimate of drug-likeness (QED) is 0.665. The summed E-state index contributed by atoms with van der Waals surface area (Å²) in [5.74, 6) is 1.98. The Morgan fingerprint density at radius 2 is 1.93 bits per heavy atom. The number of ether oxygens (including phenoxy) is 2. The lowest BCUT2D eigenvalue weighted by Gasteiger charge is -2.32. The normalized spacial score (nSPS) is 14.4. The maximum absolute atomic E-state index is 12.9. The zero-order valence-corrected chi connectivity index (χ0v) is 17.9. The van der Waals surface area contributed by atoms with Gasteiger partial charge in [-0.3, -0.25) is 9.59 Å². The SMILES string of the molecule is CCCCOc1ccc(C(=O)N2CCC(NC(=O)c3ccc(C)o3)CC2)cc1OC. The van der Waals surface area contributed by atoms with Crippen molar-refractivity contribution in [3.8, 4) is 11.5 Å². The molecule has 0 saturated carbocycles. The van der Waals surface area contributed by atoms with E-state index >= 15 is 0 Å². The Morgan fingerprint density at radius 1 is 1.17 bits per heavy atom. The van der Waals surface area contributed by atoms with Crippen molar-refractivity contribution in [3.05, 3.63) is 47.4 Å². The van der Waals surface area contributed by atoms with E-state index in [0.29, 0.717) is 61.1 Å². The van der Waals surface area contributed by atoms with E-state index in [4.69, 9.17) is 13.9 Å². The van der Waals surface area contributed by atoms with E-state index in [9.17, 15) is 9.59 Å². The lowest BCUT2D eigenvalue weighted by atomic mass is 10.0. The lowest BCUT2D eigenvalue weighted by Crippen LogP contribution is -2.46. The minimum atomic E-state index is -0.212. The van der Waals surface area contributed by atoms with Gasteiger partial charge in [-0.15, -0.1) is 0 Å². The Kier molecular flexibility index (Phi) is 7.38. The van der Waals surface area contributed by atoms with Gasteiger partial charge in [-0.05, 0) is 56.5 Å². The molecule has 0 aliphatic carbocycles. The molecule has 1 aromatic carbocycles. The summed E-state index contributed by atoms with van der Waals surface area (Å²) >= 11 is 0. The van der Waals surface area contributed by atoms with Crippen molar-refractivity contribution in [1.82, 2.24) is 10.2 Å². The van der Waals surface area contributed by atoms with Crippen molar-refractivity contribution in [1.29, 1.82) is 0 Å². The van der Waals surface area contributed by atoms with Gasteiger partial charge in [0.15, 0.2) is 17.3 Å². The van der Waals surface area contributed by atoms with Crippen LogP contribution < -0.4 is 14.8 Å². The molecule has 1 N–H and O–H groups in total. The van der Waals surface area contributed by atoms with E-state index in [1.54, 1.807) is 44.4 Å². The lowest BCUT2D eigenvalue weighted by molar-refractivity contribution is 0.0695. The van der Waals surface area contributed by atoms with Crippen LogP contribution in [-0.4, -0.2) is 49.6 Å². The van der Waals surface area contributed by atoms with Crippen LogP contribution in [0.15, 0.2) is 34.7 Å². The summed E-state index contributed by atoms with van der Waals surface area (Å²) in [5, 5.41) is 2.99. The zero-order valence-electron chi connectivity index (χ0n) is 17.9. The van der Waals surface area contributed by atoms with Crippen LogP contribution in [0.4, 0.5) is 0 Å². The number of methoxy groups -OCH3 is 1. The number of aryl methyl sites for hydroxylation is 1. The highest BCUT2D eigenvalue weighted by Gasteiger charge is 2.26. The molecule has 7 heteroatoms. The van der Waals surface area contributed by atoms with Crippen molar-refractivity contribution in [2.45, 2.75) is 45.6 Å². The van der Waals surface area contributed by atoms with Gasteiger partial charge in [0.25, 0.3) is 11.8 Å². The summed E-state index contributed by atoms with van der Waals surface area (Å²) in [4.78, 5) is 27.0. The number of amides is 2. The number of hydrogen-bond donors (Lipinski definition) is 1. The molecule has 1 aromatic heterocycles. The first-order valence-corrected chi connectivity index (χ1v) is 10.5. The number of hydrogen-bond acceptors (Lipinski definition) is 5. The minimum absolute atomic E-state index is 0.0239. The highest BCUT2D eigenvalue weighted by Crippen LogP contribution is 2.29. The predicted molar refractivity (Wildman–Crippen MR) is 113 cm³/mol. The number of nitrogens with one attached hydrogen (secondary N) is 1. The highest BCUT2D eigenvalue weighted by atomic mass is 16.5. The first-order chi connectivity index (χ1) is 14.5. The number of piperidine rings is 1. The molecule has 162 valence electrons. The maximum Gasteiger partial charge on any atom is 0.287 e. The first-order valence-electron chi connectivity index (χ1n) is 10.5. The fourth-order valence-corrected chi connectivity index (χ4v) is 3.47. The summed E-state index contributed by atoms with van der Waals surface area (Å²) in [5.41, 5.74) is 0.572. The number of unbranched alkanes of at least 4 members (excludes halogenated alkanes) is 1. The molecule has 1 aliphatic rings. The molecule has 0 atom stereocenters.